The number of amides is 1. The number of pyridine rings is 1. The van der Waals surface area contributed by atoms with Crippen molar-refractivity contribution >= 4 is 17.5 Å². The SMILES string of the molecule is CCC(O)(c1cc(F)c2c(c1)C(=O)N(Cc1ncc(C)cc1O)[C@@]2(OC1CC(O)C1)c1ccc(Cl)cc1)c1cn(C)cn1. The lowest BCUT2D eigenvalue weighted by molar-refractivity contribution is -0.191. The lowest BCUT2D eigenvalue weighted by Gasteiger charge is -2.45. The van der Waals surface area contributed by atoms with Crippen molar-refractivity contribution in [2.24, 2.45) is 7.05 Å². The molecule has 1 unspecified atom stereocenters. The highest BCUT2D eigenvalue weighted by molar-refractivity contribution is 6.30. The van der Waals surface area contributed by atoms with Crippen molar-refractivity contribution in [3.05, 3.63) is 111 Å². The summed E-state index contributed by atoms with van der Waals surface area (Å²) >= 11 is 6.23. The summed E-state index contributed by atoms with van der Waals surface area (Å²) in [5, 5.41) is 33.1. The molecule has 0 bridgehead atoms. The van der Waals surface area contributed by atoms with E-state index in [4.69, 9.17) is 16.3 Å². The average Bonchev–Trinajstić information content (AvgIpc) is 3.50. The zero-order valence-electron chi connectivity index (χ0n) is 24.0. The predicted octanol–water partition coefficient (Wildman–Crippen LogP) is 4.66. The number of carbonyl (C=O) groups is 1. The van der Waals surface area contributed by atoms with Crippen LogP contribution in [0.1, 0.15) is 70.2 Å². The van der Waals surface area contributed by atoms with Gasteiger partial charge in [0.1, 0.15) is 22.9 Å². The van der Waals surface area contributed by atoms with Gasteiger partial charge in [-0.2, -0.15) is 0 Å². The average molecular weight is 607 g/mol. The Bertz CT molecular complexity index is 1710. The van der Waals surface area contributed by atoms with Crippen LogP contribution in [0.25, 0.3) is 0 Å². The van der Waals surface area contributed by atoms with Gasteiger partial charge < -0.3 is 24.6 Å². The predicted molar refractivity (Wildman–Crippen MR) is 156 cm³/mol. The van der Waals surface area contributed by atoms with E-state index in [2.05, 4.69) is 9.97 Å². The maximum atomic E-state index is 16.7. The largest absolute Gasteiger partial charge is 0.506 e. The second-order valence-corrected chi connectivity index (χ2v) is 11.8. The summed E-state index contributed by atoms with van der Waals surface area (Å²) in [7, 11) is 1.76. The third-order valence-electron chi connectivity index (χ3n) is 8.44. The summed E-state index contributed by atoms with van der Waals surface area (Å²) in [5.41, 5.74) is -1.67. The molecule has 1 aliphatic carbocycles. The Morgan fingerprint density at radius 2 is 1.91 bits per heavy atom. The summed E-state index contributed by atoms with van der Waals surface area (Å²) in [6.45, 7) is 3.32. The maximum Gasteiger partial charge on any atom is 0.257 e. The molecule has 3 heterocycles. The number of halogens is 2. The van der Waals surface area contributed by atoms with Crippen LogP contribution >= 0.6 is 11.6 Å². The quantitative estimate of drug-likeness (QED) is 0.267. The van der Waals surface area contributed by atoms with Crippen molar-refractivity contribution in [1.29, 1.82) is 0 Å². The number of imidazole rings is 1. The van der Waals surface area contributed by atoms with Crippen LogP contribution in [0.5, 0.6) is 5.75 Å². The van der Waals surface area contributed by atoms with E-state index >= 15 is 4.39 Å². The number of benzene rings is 2. The first-order valence-electron chi connectivity index (χ1n) is 14.1. The van der Waals surface area contributed by atoms with Gasteiger partial charge in [-0.1, -0.05) is 30.7 Å². The molecule has 0 saturated heterocycles. The molecule has 9 nitrogen and oxygen atoms in total. The zero-order valence-corrected chi connectivity index (χ0v) is 24.7. The molecule has 2 atom stereocenters. The van der Waals surface area contributed by atoms with Gasteiger partial charge in [-0.15, -0.1) is 0 Å². The van der Waals surface area contributed by atoms with Crippen LogP contribution in [0.2, 0.25) is 5.02 Å². The van der Waals surface area contributed by atoms with Crippen molar-refractivity contribution < 1.29 is 29.2 Å². The second-order valence-electron chi connectivity index (χ2n) is 11.4. The fourth-order valence-electron chi connectivity index (χ4n) is 6.02. The number of aromatic nitrogens is 3. The van der Waals surface area contributed by atoms with Gasteiger partial charge in [0, 0.05) is 30.0 Å². The Labute approximate surface area is 253 Å². The number of aromatic hydroxyl groups is 1. The standard InChI is InChI=1S/C32H32ClFN4O5/c1-4-31(42,28-16-37(3)17-36-28)20-10-24-29(25(34)11-20)32(43-23-12-22(39)13-23,19-5-7-21(33)8-6-19)38(30(24)41)15-26-27(40)9-18(2)14-35-26/h5-11,14,16-17,22-23,39-40,42H,4,12-13,15H2,1-3H3/t22?,23?,31?,32-/m1/s1. The van der Waals surface area contributed by atoms with Crippen molar-refractivity contribution in [2.45, 2.75) is 63.2 Å². The highest BCUT2D eigenvalue weighted by Crippen LogP contribution is 2.51. The van der Waals surface area contributed by atoms with Gasteiger partial charge in [0.15, 0.2) is 0 Å². The molecule has 4 aromatic rings. The van der Waals surface area contributed by atoms with Crippen molar-refractivity contribution in [3.8, 4) is 5.75 Å². The Morgan fingerprint density at radius 1 is 1.19 bits per heavy atom. The third-order valence-corrected chi connectivity index (χ3v) is 8.69. The highest BCUT2D eigenvalue weighted by atomic mass is 35.5. The molecule has 2 aliphatic rings. The van der Waals surface area contributed by atoms with E-state index in [1.165, 1.54) is 23.1 Å². The van der Waals surface area contributed by atoms with Gasteiger partial charge in [-0.3, -0.25) is 14.7 Å². The fourth-order valence-corrected chi connectivity index (χ4v) is 6.15. The summed E-state index contributed by atoms with van der Waals surface area (Å²) in [6.07, 6.45) is 4.46. The first-order valence-corrected chi connectivity index (χ1v) is 14.5. The number of aliphatic hydroxyl groups is 2. The maximum absolute atomic E-state index is 16.7. The molecule has 224 valence electrons. The third kappa shape index (κ3) is 4.78. The van der Waals surface area contributed by atoms with Crippen LogP contribution in [0, 0.1) is 12.7 Å². The van der Waals surface area contributed by atoms with E-state index in [0.29, 0.717) is 29.1 Å². The van der Waals surface area contributed by atoms with Crippen LogP contribution in [-0.4, -0.2) is 52.9 Å². The topological polar surface area (TPSA) is 121 Å². The number of rotatable bonds is 8. The Kier molecular flexibility index (Phi) is 7.29. The minimum absolute atomic E-state index is 0.000713. The monoisotopic (exact) mass is 606 g/mol. The number of hydrogen-bond donors (Lipinski definition) is 3. The number of aliphatic hydroxyl groups excluding tert-OH is 1. The fraction of sp³-hybridized carbons (Fsp3) is 0.344. The molecule has 3 N–H and O–H groups in total. The number of nitrogens with zero attached hydrogens (tertiary/aromatic N) is 4. The van der Waals surface area contributed by atoms with Gasteiger partial charge in [-0.25, -0.2) is 9.37 Å². The smallest absolute Gasteiger partial charge is 0.257 e. The van der Waals surface area contributed by atoms with Crippen LogP contribution < -0.4 is 0 Å². The van der Waals surface area contributed by atoms with Gasteiger partial charge in [0.25, 0.3) is 5.91 Å². The number of hydrogen-bond acceptors (Lipinski definition) is 7. The molecule has 43 heavy (non-hydrogen) atoms. The Hall–Kier alpha value is -3.83. The molecule has 2 aromatic carbocycles. The van der Waals surface area contributed by atoms with E-state index in [1.807, 2.05) is 0 Å². The molecule has 1 aliphatic heterocycles. The molecular weight excluding hydrogens is 575 g/mol. The number of aryl methyl sites for hydroxylation is 2. The van der Waals surface area contributed by atoms with E-state index < -0.39 is 35.3 Å². The van der Waals surface area contributed by atoms with Crippen LogP contribution in [0.3, 0.4) is 0 Å². The van der Waals surface area contributed by atoms with Gasteiger partial charge >= 0.3 is 0 Å². The Morgan fingerprint density at radius 3 is 2.51 bits per heavy atom. The van der Waals surface area contributed by atoms with Gasteiger partial charge in [-0.05, 0) is 67.6 Å². The number of ether oxygens (including phenoxy) is 1. The summed E-state index contributed by atoms with van der Waals surface area (Å²) < 4.78 is 25.1. The molecule has 2 aromatic heterocycles. The second kappa shape index (κ2) is 10.7. The van der Waals surface area contributed by atoms with Crippen LogP contribution in [0.15, 0.2) is 61.2 Å². The lowest BCUT2D eigenvalue weighted by Crippen LogP contribution is -2.51. The molecule has 0 radical (unpaired) electrons. The highest BCUT2D eigenvalue weighted by Gasteiger charge is 2.57. The first kappa shape index (κ1) is 29.3. The minimum atomic E-state index is -1.79. The Balaban J connectivity index is 1.59. The van der Waals surface area contributed by atoms with Gasteiger partial charge in [0.2, 0.25) is 5.72 Å². The molecule has 1 saturated carbocycles. The lowest BCUT2D eigenvalue weighted by atomic mass is 9.84. The molecule has 0 spiro atoms. The molecule has 1 fully saturated rings. The number of carbonyl (C=O) groups excluding carboxylic acids is 1. The van der Waals surface area contributed by atoms with Crippen LogP contribution in [-0.2, 0) is 29.7 Å². The minimum Gasteiger partial charge on any atom is -0.506 e. The number of fused-ring (bicyclic) bond motifs is 1. The van der Waals surface area contributed by atoms with Crippen molar-refractivity contribution in [1.82, 2.24) is 19.4 Å². The summed E-state index contributed by atoms with van der Waals surface area (Å²) in [5.74, 6) is -1.46. The van der Waals surface area contributed by atoms with E-state index in [0.717, 1.165) is 5.56 Å². The molecule has 6 rings (SSSR count). The summed E-state index contributed by atoms with van der Waals surface area (Å²) in [6, 6.07) is 10.8. The van der Waals surface area contributed by atoms with E-state index in [-0.39, 0.29) is 41.1 Å². The molecule has 11 heteroatoms. The van der Waals surface area contributed by atoms with Crippen molar-refractivity contribution in [2.75, 3.05) is 0 Å². The van der Waals surface area contributed by atoms with E-state index in [1.54, 1.807) is 68.4 Å². The van der Waals surface area contributed by atoms with Crippen molar-refractivity contribution in [3.63, 3.8) is 0 Å². The summed E-state index contributed by atoms with van der Waals surface area (Å²) in [4.78, 5) is 24.5. The van der Waals surface area contributed by atoms with E-state index in [9.17, 15) is 20.1 Å². The molecular formula is C32H32ClFN4O5. The first-order chi connectivity index (χ1) is 20.5. The normalized spacial score (nSPS) is 22.8. The van der Waals surface area contributed by atoms with Crippen LogP contribution in [0.4, 0.5) is 4.39 Å². The zero-order chi connectivity index (χ0) is 30.7. The van der Waals surface area contributed by atoms with Gasteiger partial charge in [0.05, 0.1) is 41.9 Å². The molecule has 1 amide bonds.